The maximum absolute atomic E-state index is 12.6. The van der Waals surface area contributed by atoms with Crippen LogP contribution in [0, 0.1) is 0 Å². The van der Waals surface area contributed by atoms with E-state index in [4.69, 9.17) is 5.73 Å². The van der Waals surface area contributed by atoms with Crippen LogP contribution in [0.3, 0.4) is 0 Å². The molecule has 0 spiro atoms. The summed E-state index contributed by atoms with van der Waals surface area (Å²) < 4.78 is 37.8. The van der Waals surface area contributed by atoms with E-state index in [1.807, 2.05) is 0 Å². The highest BCUT2D eigenvalue weighted by Gasteiger charge is 2.30. The number of carbonyl (C=O) groups is 1. The Morgan fingerprint density at radius 2 is 2.00 bits per heavy atom. The first kappa shape index (κ1) is 15.5. The van der Waals surface area contributed by atoms with Gasteiger partial charge in [-0.15, -0.1) is 0 Å². The monoisotopic (exact) mass is 274 g/mol. The average molecular weight is 274 g/mol. The fourth-order valence-corrected chi connectivity index (χ4v) is 1.87. The summed E-state index contributed by atoms with van der Waals surface area (Å²) in [6, 6.07) is 4.63. The summed E-state index contributed by atoms with van der Waals surface area (Å²) in [5, 5.41) is 3.04. The molecule has 19 heavy (non-hydrogen) atoms. The maximum atomic E-state index is 12.6. The maximum Gasteiger partial charge on any atom is 0.416 e. The number of hydrogen-bond acceptors (Lipinski definition) is 2. The van der Waals surface area contributed by atoms with Crippen molar-refractivity contribution in [1.29, 1.82) is 0 Å². The standard InChI is InChI=1S/C13H17F3N2O/c1-8(6-12(17)19)18-9(2)10-4-3-5-11(7-10)13(14,15)16/h3-5,7-9,18H,6H2,1-2H3,(H2,17,19). The van der Waals surface area contributed by atoms with Crippen LogP contribution in [0.2, 0.25) is 0 Å². The third kappa shape index (κ3) is 4.90. The number of rotatable bonds is 5. The van der Waals surface area contributed by atoms with Crippen molar-refractivity contribution in [3.63, 3.8) is 0 Å². The van der Waals surface area contributed by atoms with Gasteiger partial charge >= 0.3 is 6.18 Å². The molecule has 0 radical (unpaired) electrons. The minimum atomic E-state index is -4.35. The van der Waals surface area contributed by atoms with Crippen LogP contribution in [0.15, 0.2) is 24.3 Å². The summed E-state index contributed by atoms with van der Waals surface area (Å²) in [6.45, 7) is 3.50. The van der Waals surface area contributed by atoms with Crippen molar-refractivity contribution in [1.82, 2.24) is 5.32 Å². The van der Waals surface area contributed by atoms with E-state index in [-0.39, 0.29) is 18.5 Å². The lowest BCUT2D eigenvalue weighted by molar-refractivity contribution is -0.137. The Bertz CT molecular complexity index is 446. The molecule has 0 aliphatic carbocycles. The number of primary amides is 1. The minimum Gasteiger partial charge on any atom is -0.370 e. The predicted octanol–water partition coefficient (Wildman–Crippen LogP) is 2.62. The zero-order valence-electron chi connectivity index (χ0n) is 10.8. The number of nitrogens with one attached hydrogen (secondary N) is 1. The molecule has 2 unspecified atom stereocenters. The largest absolute Gasteiger partial charge is 0.416 e. The molecule has 1 rings (SSSR count). The molecule has 0 bridgehead atoms. The van der Waals surface area contributed by atoms with Crippen molar-refractivity contribution in [2.75, 3.05) is 0 Å². The van der Waals surface area contributed by atoms with Gasteiger partial charge in [0.25, 0.3) is 0 Å². The van der Waals surface area contributed by atoms with Crippen LogP contribution in [0.25, 0.3) is 0 Å². The summed E-state index contributed by atoms with van der Waals surface area (Å²) >= 11 is 0. The summed E-state index contributed by atoms with van der Waals surface area (Å²) in [5.41, 5.74) is 4.90. The van der Waals surface area contributed by atoms with Crippen molar-refractivity contribution in [2.45, 2.75) is 38.5 Å². The van der Waals surface area contributed by atoms with Gasteiger partial charge in [-0.2, -0.15) is 13.2 Å². The third-order valence-electron chi connectivity index (χ3n) is 2.76. The molecule has 1 amide bonds. The molecule has 3 nitrogen and oxygen atoms in total. The van der Waals surface area contributed by atoms with Gasteiger partial charge in [-0.25, -0.2) is 0 Å². The number of nitrogens with two attached hydrogens (primary N) is 1. The Morgan fingerprint density at radius 1 is 1.37 bits per heavy atom. The van der Waals surface area contributed by atoms with Gasteiger partial charge in [-0.3, -0.25) is 4.79 Å². The Kier molecular flexibility index (Phi) is 4.94. The molecular formula is C13H17F3N2O. The second-order valence-corrected chi connectivity index (χ2v) is 4.58. The molecule has 2 atom stereocenters. The first-order valence-corrected chi connectivity index (χ1v) is 5.91. The van der Waals surface area contributed by atoms with Crippen LogP contribution in [0.5, 0.6) is 0 Å². The van der Waals surface area contributed by atoms with Crippen LogP contribution in [0.1, 0.15) is 37.4 Å². The van der Waals surface area contributed by atoms with Gasteiger partial charge in [0, 0.05) is 18.5 Å². The average Bonchev–Trinajstić information content (AvgIpc) is 2.26. The van der Waals surface area contributed by atoms with Crippen molar-refractivity contribution < 1.29 is 18.0 Å². The lowest BCUT2D eigenvalue weighted by Crippen LogP contribution is -2.33. The molecule has 6 heteroatoms. The molecule has 1 aromatic carbocycles. The fourth-order valence-electron chi connectivity index (χ4n) is 1.87. The predicted molar refractivity (Wildman–Crippen MR) is 66.3 cm³/mol. The molecule has 106 valence electrons. The van der Waals surface area contributed by atoms with Crippen LogP contribution in [-0.4, -0.2) is 11.9 Å². The second kappa shape index (κ2) is 6.06. The normalized spacial score (nSPS) is 15.0. The molecular weight excluding hydrogens is 257 g/mol. The Labute approximate surface area is 110 Å². The molecule has 0 aliphatic heterocycles. The van der Waals surface area contributed by atoms with E-state index in [1.165, 1.54) is 6.07 Å². The highest BCUT2D eigenvalue weighted by atomic mass is 19.4. The van der Waals surface area contributed by atoms with E-state index in [1.54, 1.807) is 19.9 Å². The molecule has 0 aromatic heterocycles. The quantitative estimate of drug-likeness (QED) is 0.867. The van der Waals surface area contributed by atoms with E-state index < -0.39 is 17.6 Å². The number of amides is 1. The van der Waals surface area contributed by atoms with Crippen LogP contribution in [0.4, 0.5) is 13.2 Å². The van der Waals surface area contributed by atoms with Gasteiger partial charge in [0.05, 0.1) is 5.56 Å². The zero-order chi connectivity index (χ0) is 14.6. The third-order valence-corrected chi connectivity index (χ3v) is 2.76. The summed E-state index contributed by atoms with van der Waals surface area (Å²) in [5.74, 6) is -0.448. The molecule has 0 saturated carbocycles. The van der Waals surface area contributed by atoms with Gasteiger partial charge in [0.1, 0.15) is 0 Å². The summed E-state index contributed by atoms with van der Waals surface area (Å²) in [6.07, 6.45) is -4.21. The smallest absolute Gasteiger partial charge is 0.370 e. The topological polar surface area (TPSA) is 55.1 Å². The van der Waals surface area contributed by atoms with E-state index >= 15 is 0 Å². The van der Waals surface area contributed by atoms with E-state index in [0.717, 1.165) is 12.1 Å². The number of benzene rings is 1. The van der Waals surface area contributed by atoms with E-state index in [0.29, 0.717) is 5.56 Å². The Morgan fingerprint density at radius 3 is 2.53 bits per heavy atom. The summed E-state index contributed by atoms with van der Waals surface area (Å²) in [4.78, 5) is 10.7. The molecule has 3 N–H and O–H groups in total. The first-order chi connectivity index (χ1) is 8.70. The number of hydrogen-bond donors (Lipinski definition) is 2. The summed E-state index contributed by atoms with van der Waals surface area (Å²) in [7, 11) is 0. The van der Waals surface area contributed by atoms with Gasteiger partial charge in [0.2, 0.25) is 5.91 Å². The van der Waals surface area contributed by atoms with Crippen LogP contribution >= 0.6 is 0 Å². The van der Waals surface area contributed by atoms with Gasteiger partial charge in [-0.05, 0) is 31.5 Å². The number of carbonyl (C=O) groups excluding carboxylic acids is 1. The molecule has 1 aromatic rings. The van der Waals surface area contributed by atoms with Crippen molar-refractivity contribution in [3.05, 3.63) is 35.4 Å². The number of halogens is 3. The second-order valence-electron chi connectivity index (χ2n) is 4.58. The molecule has 0 aliphatic rings. The fraction of sp³-hybridized carbons (Fsp3) is 0.462. The molecule has 0 heterocycles. The number of alkyl halides is 3. The van der Waals surface area contributed by atoms with Gasteiger partial charge < -0.3 is 11.1 Å². The molecule has 0 fully saturated rings. The lowest BCUT2D eigenvalue weighted by Gasteiger charge is -2.20. The van der Waals surface area contributed by atoms with Crippen molar-refractivity contribution in [2.24, 2.45) is 5.73 Å². The molecule has 0 saturated heterocycles. The van der Waals surface area contributed by atoms with E-state index in [2.05, 4.69) is 5.32 Å². The SMILES string of the molecule is CC(CC(N)=O)NC(C)c1cccc(C(F)(F)F)c1. The highest BCUT2D eigenvalue weighted by Crippen LogP contribution is 2.30. The van der Waals surface area contributed by atoms with E-state index in [9.17, 15) is 18.0 Å². The first-order valence-electron chi connectivity index (χ1n) is 5.91. The zero-order valence-corrected chi connectivity index (χ0v) is 10.8. The van der Waals surface area contributed by atoms with Gasteiger partial charge in [0.15, 0.2) is 0 Å². The lowest BCUT2D eigenvalue weighted by atomic mass is 10.0. The highest BCUT2D eigenvalue weighted by molar-refractivity contribution is 5.74. The Balaban J connectivity index is 2.77. The van der Waals surface area contributed by atoms with Crippen LogP contribution < -0.4 is 11.1 Å². The Hall–Kier alpha value is -1.56. The van der Waals surface area contributed by atoms with Crippen LogP contribution in [-0.2, 0) is 11.0 Å². The van der Waals surface area contributed by atoms with Crippen molar-refractivity contribution in [3.8, 4) is 0 Å². The van der Waals surface area contributed by atoms with Gasteiger partial charge in [-0.1, -0.05) is 12.1 Å². The van der Waals surface area contributed by atoms with Crippen molar-refractivity contribution >= 4 is 5.91 Å². The minimum absolute atomic E-state index is 0.142.